The number of ether oxygens (including phenoxy) is 2. The number of aromatic nitrogens is 2. The quantitative estimate of drug-likeness (QED) is 0.454. The van der Waals surface area contributed by atoms with E-state index in [0.29, 0.717) is 46.3 Å². The molecule has 1 atom stereocenters. The highest BCUT2D eigenvalue weighted by Crippen LogP contribution is 2.37. The summed E-state index contributed by atoms with van der Waals surface area (Å²) in [5, 5.41) is 7.28. The predicted molar refractivity (Wildman–Crippen MR) is 134 cm³/mol. The maximum Gasteiger partial charge on any atom is 0.163 e. The molecule has 0 aliphatic carbocycles. The number of benzene rings is 2. The number of methoxy groups -OCH3 is 1. The van der Waals surface area contributed by atoms with Gasteiger partial charge >= 0.3 is 0 Å². The molecule has 35 heavy (non-hydrogen) atoms. The van der Waals surface area contributed by atoms with Crippen LogP contribution in [-0.2, 0) is 4.79 Å². The number of likely N-dealkylation sites (N-methyl/N-ethyl adjacent to an activating group) is 1. The van der Waals surface area contributed by atoms with Crippen LogP contribution in [0.1, 0.15) is 12.8 Å². The van der Waals surface area contributed by atoms with Gasteiger partial charge in [0.1, 0.15) is 24.6 Å². The molecule has 0 spiro atoms. The van der Waals surface area contributed by atoms with E-state index < -0.39 is 11.2 Å². The first-order valence-electron chi connectivity index (χ1n) is 11.4. The molecule has 0 bridgehead atoms. The van der Waals surface area contributed by atoms with Crippen molar-refractivity contribution in [1.29, 1.82) is 0 Å². The van der Waals surface area contributed by atoms with Crippen LogP contribution in [0.15, 0.2) is 36.7 Å². The molecule has 10 heteroatoms. The molecule has 4 rings (SSSR count). The van der Waals surface area contributed by atoms with Crippen molar-refractivity contribution < 1.29 is 18.7 Å². The number of fused-ring (bicyclic) bond motifs is 1. The molecule has 1 saturated heterocycles. The molecular weight excluding hydrogens is 473 g/mol. The van der Waals surface area contributed by atoms with Gasteiger partial charge in [-0.3, -0.25) is 4.79 Å². The first kappa shape index (κ1) is 25.1. The zero-order chi connectivity index (χ0) is 25.0. The number of halogens is 2. The monoisotopic (exact) mass is 501 g/mol. The third-order valence-electron chi connectivity index (χ3n) is 6.13. The molecule has 1 aromatic heterocycles. The van der Waals surface area contributed by atoms with Gasteiger partial charge in [-0.2, -0.15) is 0 Å². The molecule has 0 radical (unpaired) electrons. The van der Waals surface area contributed by atoms with Crippen molar-refractivity contribution >= 4 is 39.8 Å². The third-order valence-corrected chi connectivity index (χ3v) is 6.37. The maximum absolute atomic E-state index is 14.3. The molecule has 2 N–H and O–H groups in total. The van der Waals surface area contributed by atoms with Crippen molar-refractivity contribution in [2.24, 2.45) is 5.41 Å². The maximum atomic E-state index is 14.3. The van der Waals surface area contributed by atoms with E-state index in [9.17, 15) is 9.18 Å². The summed E-state index contributed by atoms with van der Waals surface area (Å²) in [5.74, 6) is 1.00. The van der Waals surface area contributed by atoms with E-state index in [0.717, 1.165) is 19.4 Å². The van der Waals surface area contributed by atoms with Crippen LogP contribution in [0.4, 0.5) is 15.9 Å². The van der Waals surface area contributed by atoms with Crippen molar-refractivity contribution in [3.05, 3.63) is 47.5 Å². The van der Waals surface area contributed by atoms with Gasteiger partial charge in [0, 0.05) is 23.0 Å². The summed E-state index contributed by atoms with van der Waals surface area (Å²) in [5.41, 5.74) is 0.204. The van der Waals surface area contributed by atoms with Crippen LogP contribution in [0, 0.1) is 11.2 Å². The van der Waals surface area contributed by atoms with Gasteiger partial charge in [0.25, 0.3) is 0 Å². The van der Waals surface area contributed by atoms with Gasteiger partial charge in [-0.15, -0.1) is 0 Å². The fourth-order valence-corrected chi connectivity index (χ4v) is 4.39. The lowest BCUT2D eigenvalue weighted by atomic mass is 9.77. The number of ketones is 1. The van der Waals surface area contributed by atoms with E-state index >= 15 is 0 Å². The van der Waals surface area contributed by atoms with Crippen LogP contribution in [0.5, 0.6) is 11.5 Å². The van der Waals surface area contributed by atoms with Crippen molar-refractivity contribution in [3.8, 4) is 11.5 Å². The van der Waals surface area contributed by atoms with Crippen molar-refractivity contribution in [1.82, 2.24) is 20.2 Å². The number of hydrogen-bond acceptors (Lipinski definition) is 8. The zero-order valence-corrected chi connectivity index (χ0v) is 20.8. The molecule has 0 amide bonds. The lowest BCUT2D eigenvalue weighted by Crippen LogP contribution is -2.51. The minimum atomic E-state index is -0.618. The largest absolute Gasteiger partial charge is 0.493 e. The van der Waals surface area contributed by atoms with Crippen LogP contribution >= 0.6 is 11.6 Å². The van der Waals surface area contributed by atoms with Gasteiger partial charge in [-0.1, -0.05) is 11.6 Å². The second-order valence-corrected chi connectivity index (χ2v) is 9.44. The van der Waals surface area contributed by atoms with Crippen LogP contribution in [0.3, 0.4) is 0 Å². The SMILES string of the molecule is COc1cc2c(Nc3ccc(Cl)cc3F)ncnc2cc1OC[C@]1(C(=O)CN(C)C)CCCNC1. The van der Waals surface area contributed by atoms with Crippen LogP contribution in [-0.4, -0.2) is 68.1 Å². The zero-order valence-electron chi connectivity index (χ0n) is 20.0. The van der Waals surface area contributed by atoms with Crippen molar-refractivity contribution in [2.45, 2.75) is 12.8 Å². The van der Waals surface area contributed by atoms with Gasteiger partial charge in [0.15, 0.2) is 17.3 Å². The Kier molecular flexibility index (Phi) is 7.69. The van der Waals surface area contributed by atoms with Gasteiger partial charge in [0.05, 0.1) is 30.3 Å². The Morgan fingerprint density at radius 3 is 2.77 bits per heavy atom. The van der Waals surface area contributed by atoms with Crippen molar-refractivity contribution in [2.75, 3.05) is 52.8 Å². The fourth-order valence-electron chi connectivity index (χ4n) is 4.23. The third kappa shape index (κ3) is 5.63. The highest BCUT2D eigenvalue weighted by Gasteiger charge is 2.40. The molecule has 3 aromatic rings. The summed E-state index contributed by atoms with van der Waals surface area (Å²) >= 11 is 5.86. The molecule has 0 saturated carbocycles. The summed E-state index contributed by atoms with van der Waals surface area (Å²) in [7, 11) is 5.31. The lowest BCUT2D eigenvalue weighted by Gasteiger charge is -2.36. The number of nitrogens with one attached hydrogen (secondary N) is 2. The Balaban J connectivity index is 1.63. The number of carbonyl (C=O) groups excluding carboxylic acids is 1. The molecule has 2 heterocycles. The lowest BCUT2D eigenvalue weighted by molar-refractivity contribution is -0.132. The number of nitrogens with zero attached hydrogens (tertiary/aromatic N) is 3. The molecule has 186 valence electrons. The predicted octanol–water partition coefficient (Wildman–Crippen LogP) is 4.05. The standard InChI is InChI=1S/C25H29ClFN5O3/c1-32(2)12-23(33)25(7-4-8-28-13-25)14-35-22-11-20-17(10-21(22)34-3)24(30-15-29-20)31-19-6-5-16(26)9-18(19)27/h5-6,9-11,15,28H,4,7-8,12-14H2,1-3H3,(H,29,30,31)/t25-/m0/s1. The average molecular weight is 502 g/mol. The number of piperidine rings is 1. The van der Waals surface area contributed by atoms with Gasteiger partial charge in [0.2, 0.25) is 0 Å². The number of hydrogen-bond donors (Lipinski definition) is 2. The van der Waals surface area contributed by atoms with Crippen LogP contribution in [0.25, 0.3) is 10.9 Å². The fraction of sp³-hybridized carbons (Fsp3) is 0.400. The first-order chi connectivity index (χ1) is 16.8. The Hall–Kier alpha value is -3.01. The normalized spacial score (nSPS) is 18.0. The van der Waals surface area contributed by atoms with Gasteiger partial charge in [-0.05, 0) is 57.7 Å². The summed E-state index contributed by atoms with van der Waals surface area (Å²) < 4.78 is 26.1. The topological polar surface area (TPSA) is 88.6 Å². The van der Waals surface area contributed by atoms with Gasteiger partial charge in [-0.25, -0.2) is 14.4 Å². The number of Topliss-reactive ketones (excluding diaryl/α,β-unsaturated/α-hetero) is 1. The Bertz CT molecular complexity index is 1220. The molecular formula is C25H29ClFN5O3. The number of rotatable bonds is 9. The molecule has 2 aromatic carbocycles. The average Bonchev–Trinajstić information content (AvgIpc) is 2.84. The minimum absolute atomic E-state index is 0.147. The Morgan fingerprint density at radius 2 is 2.09 bits per heavy atom. The Morgan fingerprint density at radius 1 is 1.26 bits per heavy atom. The molecule has 8 nitrogen and oxygen atoms in total. The summed E-state index contributed by atoms with van der Waals surface area (Å²) in [6.07, 6.45) is 3.05. The van der Waals surface area contributed by atoms with E-state index in [1.54, 1.807) is 31.4 Å². The van der Waals surface area contributed by atoms with E-state index in [-0.39, 0.29) is 18.1 Å². The molecule has 1 aliphatic rings. The van der Waals surface area contributed by atoms with Crippen LogP contribution in [0.2, 0.25) is 5.02 Å². The molecule has 1 fully saturated rings. The second kappa shape index (κ2) is 10.7. The van der Waals surface area contributed by atoms with E-state index in [2.05, 4.69) is 20.6 Å². The highest BCUT2D eigenvalue weighted by atomic mass is 35.5. The molecule has 0 unspecified atom stereocenters. The first-order valence-corrected chi connectivity index (χ1v) is 11.8. The van der Waals surface area contributed by atoms with E-state index in [1.807, 2.05) is 19.0 Å². The highest BCUT2D eigenvalue weighted by molar-refractivity contribution is 6.30. The summed E-state index contributed by atoms with van der Waals surface area (Å²) in [6.45, 7) is 2.03. The Labute approximate surface area is 208 Å². The van der Waals surface area contributed by atoms with Gasteiger partial charge < -0.3 is 25.0 Å². The van der Waals surface area contributed by atoms with Crippen molar-refractivity contribution in [3.63, 3.8) is 0 Å². The second-order valence-electron chi connectivity index (χ2n) is 9.00. The number of carbonyl (C=O) groups is 1. The minimum Gasteiger partial charge on any atom is -0.493 e. The van der Waals surface area contributed by atoms with E-state index in [4.69, 9.17) is 21.1 Å². The smallest absolute Gasteiger partial charge is 0.163 e. The summed E-state index contributed by atoms with van der Waals surface area (Å²) in [4.78, 5) is 23.6. The molecule has 1 aliphatic heterocycles. The van der Waals surface area contributed by atoms with E-state index in [1.165, 1.54) is 12.4 Å². The number of anilines is 2. The van der Waals surface area contributed by atoms with Crippen LogP contribution < -0.4 is 20.1 Å². The summed E-state index contributed by atoms with van der Waals surface area (Å²) in [6, 6.07) is 7.86.